The first-order valence-electron chi connectivity index (χ1n) is 11.5. The molecule has 0 saturated heterocycles. The number of ketones is 1. The summed E-state index contributed by atoms with van der Waals surface area (Å²) >= 11 is 3.45. The predicted molar refractivity (Wildman–Crippen MR) is 135 cm³/mol. The minimum atomic E-state index is -0.360. The highest BCUT2D eigenvalue weighted by atomic mass is 79.9. The van der Waals surface area contributed by atoms with Crippen LogP contribution in [0.1, 0.15) is 59.4 Å². The first-order valence-corrected chi connectivity index (χ1v) is 12.3. The summed E-state index contributed by atoms with van der Waals surface area (Å²) in [6.07, 6.45) is 2.84. The average Bonchev–Trinajstić information content (AvgIpc) is 2.79. The first-order chi connectivity index (χ1) is 16.2. The van der Waals surface area contributed by atoms with Gasteiger partial charge in [-0.2, -0.15) is 0 Å². The van der Waals surface area contributed by atoms with E-state index >= 15 is 0 Å². The number of aromatic hydroxyl groups is 1. The van der Waals surface area contributed by atoms with Crippen molar-refractivity contribution in [2.24, 2.45) is 0 Å². The van der Waals surface area contributed by atoms with Crippen LogP contribution in [0.2, 0.25) is 0 Å². The fraction of sp³-hybridized carbons (Fsp3) is 0.462. The van der Waals surface area contributed by atoms with Gasteiger partial charge >= 0.3 is 5.97 Å². The maximum Gasteiger partial charge on any atom is 0.338 e. The van der Waals surface area contributed by atoms with Crippen LogP contribution < -0.4 is 9.47 Å². The molecule has 0 amide bonds. The molecule has 1 N–H and O–H groups in total. The molecule has 0 unspecified atom stereocenters. The van der Waals surface area contributed by atoms with Crippen LogP contribution in [-0.2, 0) is 11.2 Å². The molecule has 0 heterocycles. The van der Waals surface area contributed by atoms with Gasteiger partial charge in [0.05, 0.1) is 35.4 Å². The third kappa shape index (κ3) is 8.33. The molecule has 7 nitrogen and oxygen atoms in total. The van der Waals surface area contributed by atoms with E-state index in [9.17, 15) is 14.7 Å². The summed E-state index contributed by atoms with van der Waals surface area (Å²) in [5.41, 5.74) is 1.43. The summed E-state index contributed by atoms with van der Waals surface area (Å²) in [5, 5.41) is 10.4. The van der Waals surface area contributed by atoms with Crippen molar-refractivity contribution in [2.75, 3.05) is 40.5 Å². The maximum absolute atomic E-state index is 12.2. The summed E-state index contributed by atoms with van der Waals surface area (Å²) in [6, 6.07) is 8.43. The third-order valence-corrected chi connectivity index (χ3v) is 5.69. The number of nitrogens with zero attached hydrogens (tertiary/aromatic N) is 1. The van der Waals surface area contributed by atoms with Gasteiger partial charge in [-0.25, -0.2) is 4.79 Å². The lowest BCUT2D eigenvalue weighted by Crippen LogP contribution is -2.16. The van der Waals surface area contributed by atoms with Gasteiger partial charge in [0.15, 0.2) is 5.78 Å². The Hall–Kier alpha value is -2.58. The smallest absolute Gasteiger partial charge is 0.338 e. The Labute approximate surface area is 210 Å². The minimum Gasteiger partial charge on any atom is -0.507 e. The summed E-state index contributed by atoms with van der Waals surface area (Å²) in [7, 11) is 3.95. The lowest BCUT2D eigenvalue weighted by Gasteiger charge is -2.15. The van der Waals surface area contributed by atoms with Crippen LogP contribution >= 0.6 is 15.9 Å². The topological polar surface area (TPSA) is 85.3 Å². The van der Waals surface area contributed by atoms with Gasteiger partial charge in [0.2, 0.25) is 0 Å². The van der Waals surface area contributed by atoms with E-state index in [0.29, 0.717) is 65.3 Å². The second-order valence-electron chi connectivity index (χ2n) is 8.23. The van der Waals surface area contributed by atoms with Crippen LogP contribution in [0.15, 0.2) is 34.8 Å². The van der Waals surface area contributed by atoms with E-state index in [0.717, 1.165) is 19.4 Å². The van der Waals surface area contributed by atoms with E-state index in [2.05, 4.69) is 15.9 Å². The molecule has 0 aliphatic heterocycles. The van der Waals surface area contributed by atoms with Crippen LogP contribution in [0.5, 0.6) is 17.2 Å². The van der Waals surface area contributed by atoms with Gasteiger partial charge < -0.3 is 24.2 Å². The number of rotatable bonds is 14. The Bertz CT molecular complexity index is 976. The number of phenolic OH excluding ortho intramolecular Hbond substituents is 1. The number of phenols is 1. The molecule has 34 heavy (non-hydrogen) atoms. The molecule has 0 bridgehead atoms. The van der Waals surface area contributed by atoms with Crippen molar-refractivity contribution < 1.29 is 28.9 Å². The molecule has 0 aliphatic rings. The van der Waals surface area contributed by atoms with Crippen LogP contribution in [0, 0.1) is 0 Å². The molecule has 2 aromatic rings. The molecule has 0 aromatic heterocycles. The first kappa shape index (κ1) is 27.7. The summed E-state index contributed by atoms with van der Waals surface area (Å²) < 4.78 is 17.6. The highest BCUT2D eigenvalue weighted by Gasteiger charge is 2.16. The Kier molecular flexibility index (Phi) is 11.4. The fourth-order valence-electron chi connectivity index (χ4n) is 3.33. The van der Waals surface area contributed by atoms with Gasteiger partial charge in [0.25, 0.3) is 0 Å². The quantitative estimate of drug-likeness (QED) is 0.200. The van der Waals surface area contributed by atoms with Crippen molar-refractivity contribution in [2.45, 2.75) is 39.5 Å². The van der Waals surface area contributed by atoms with Gasteiger partial charge in [0, 0.05) is 18.5 Å². The molecular formula is C26H34BrNO6. The van der Waals surface area contributed by atoms with Crippen molar-refractivity contribution in [1.29, 1.82) is 0 Å². The summed E-state index contributed by atoms with van der Waals surface area (Å²) in [4.78, 5) is 25.9. The largest absolute Gasteiger partial charge is 0.507 e. The Morgan fingerprint density at radius 1 is 1.00 bits per heavy atom. The number of hydrogen-bond donors (Lipinski definition) is 1. The molecule has 0 radical (unpaired) electrons. The number of hydrogen-bond acceptors (Lipinski definition) is 7. The minimum absolute atomic E-state index is 0.00310. The van der Waals surface area contributed by atoms with Crippen molar-refractivity contribution in [3.8, 4) is 17.2 Å². The zero-order valence-corrected chi connectivity index (χ0v) is 21.9. The van der Waals surface area contributed by atoms with Gasteiger partial charge in [-0.1, -0.05) is 13.3 Å². The monoisotopic (exact) mass is 535 g/mol. The lowest BCUT2D eigenvalue weighted by molar-refractivity contribution is 0.0493. The Balaban J connectivity index is 1.83. The fourth-order valence-corrected chi connectivity index (χ4v) is 3.82. The lowest BCUT2D eigenvalue weighted by atomic mass is 10.0. The number of esters is 1. The molecule has 186 valence electrons. The zero-order valence-electron chi connectivity index (χ0n) is 20.4. The normalized spacial score (nSPS) is 10.9. The van der Waals surface area contributed by atoms with Crippen LogP contribution in [0.3, 0.4) is 0 Å². The molecule has 8 heteroatoms. The van der Waals surface area contributed by atoms with Crippen molar-refractivity contribution in [1.82, 2.24) is 4.90 Å². The molecule has 0 aliphatic carbocycles. The average molecular weight is 536 g/mol. The molecule has 0 spiro atoms. The number of ether oxygens (including phenoxy) is 3. The molecule has 0 fully saturated rings. The Morgan fingerprint density at radius 2 is 1.68 bits per heavy atom. The number of Topliss-reactive ketones (excluding diaryl/α,β-unsaturated/α-hetero) is 1. The van der Waals surface area contributed by atoms with Gasteiger partial charge in [-0.05, 0) is 80.1 Å². The summed E-state index contributed by atoms with van der Waals surface area (Å²) in [5.74, 6) is 0.673. The maximum atomic E-state index is 12.2. The second-order valence-corrected chi connectivity index (χ2v) is 9.09. The number of halogens is 1. The molecular weight excluding hydrogens is 502 g/mol. The van der Waals surface area contributed by atoms with Crippen LogP contribution in [-0.4, -0.2) is 62.2 Å². The second kappa shape index (κ2) is 14.0. The zero-order chi connectivity index (χ0) is 25.1. The van der Waals surface area contributed by atoms with Gasteiger partial charge in [-0.15, -0.1) is 0 Å². The van der Waals surface area contributed by atoms with E-state index < -0.39 is 0 Å². The van der Waals surface area contributed by atoms with E-state index in [1.54, 1.807) is 30.3 Å². The van der Waals surface area contributed by atoms with E-state index in [4.69, 9.17) is 14.2 Å². The van der Waals surface area contributed by atoms with E-state index in [1.807, 2.05) is 25.9 Å². The van der Waals surface area contributed by atoms with Crippen LogP contribution in [0.4, 0.5) is 0 Å². The van der Waals surface area contributed by atoms with Crippen molar-refractivity contribution in [3.63, 3.8) is 0 Å². The highest BCUT2D eigenvalue weighted by Crippen LogP contribution is 2.33. The number of carbonyl (C=O) groups excluding carboxylic acids is 2. The van der Waals surface area contributed by atoms with Crippen molar-refractivity contribution in [3.05, 3.63) is 51.5 Å². The molecule has 2 rings (SSSR count). The SMILES string of the molecule is CCCc1c(OCCCOc2ccc(C(=O)OCCCN(C)C)cc2Br)ccc(C(C)=O)c1O. The van der Waals surface area contributed by atoms with Crippen molar-refractivity contribution >= 4 is 27.7 Å². The predicted octanol–water partition coefficient (Wildman–Crippen LogP) is 5.27. The van der Waals surface area contributed by atoms with Gasteiger partial charge in [0.1, 0.15) is 17.2 Å². The third-order valence-electron chi connectivity index (χ3n) is 5.07. The van der Waals surface area contributed by atoms with E-state index in [1.165, 1.54) is 6.92 Å². The standard InChI is InChI=1S/C26H34BrNO6/c1-5-8-21-23(12-10-20(18(2)29)25(21)30)32-15-7-16-33-24-11-9-19(17-22(24)27)26(31)34-14-6-13-28(3)4/h9-12,17,30H,5-8,13-16H2,1-4H3. The highest BCUT2D eigenvalue weighted by molar-refractivity contribution is 9.10. The summed E-state index contributed by atoms with van der Waals surface area (Å²) in [6.45, 7) is 5.48. The van der Waals surface area contributed by atoms with E-state index in [-0.39, 0.29) is 17.5 Å². The Morgan fingerprint density at radius 3 is 2.29 bits per heavy atom. The van der Waals surface area contributed by atoms with Crippen LogP contribution in [0.25, 0.3) is 0 Å². The molecule has 0 saturated carbocycles. The number of carbonyl (C=O) groups is 2. The molecule has 2 aromatic carbocycles. The molecule has 0 atom stereocenters. The number of benzene rings is 2. The van der Waals surface area contributed by atoms with Gasteiger partial charge in [-0.3, -0.25) is 4.79 Å².